The number of alkyl halides is 4. The lowest BCUT2D eigenvalue weighted by molar-refractivity contribution is 0.0826. The molecule has 0 aromatic heterocycles. The predicted molar refractivity (Wildman–Crippen MR) is 74.2 cm³/mol. The lowest BCUT2D eigenvalue weighted by Crippen LogP contribution is -2.26. The van der Waals surface area contributed by atoms with Gasteiger partial charge in [0, 0.05) is 10.7 Å². The molecule has 15 heavy (non-hydrogen) atoms. The fourth-order valence-electron chi connectivity index (χ4n) is 0.548. The average molecular weight is 498 g/mol. The summed E-state index contributed by atoms with van der Waals surface area (Å²) in [7, 11) is -4.12. The molecule has 0 amide bonds. The van der Waals surface area contributed by atoms with Crippen LogP contribution in [-0.2, 0) is 13.6 Å². The molecule has 0 bridgehead atoms. The lowest BCUT2D eigenvalue weighted by Gasteiger charge is -2.28. The topological polar surface area (TPSA) is 55.8 Å². The molecule has 0 rings (SSSR count). The second kappa shape index (κ2) is 6.27. The predicted octanol–water partition coefficient (Wildman–Crippen LogP) is 4.13. The fraction of sp³-hybridized carbons (Fsp3) is 1.00. The molecule has 92 valence electrons. The Morgan fingerprint density at radius 1 is 1.13 bits per heavy atom. The molecule has 0 spiro atoms. The molecular weight excluding hydrogens is 487 g/mol. The van der Waals surface area contributed by atoms with Crippen LogP contribution in [-0.4, -0.2) is 24.6 Å². The summed E-state index contributed by atoms with van der Waals surface area (Å²) >= 11 is 12.6. The van der Waals surface area contributed by atoms with Crippen molar-refractivity contribution in [1.82, 2.24) is 0 Å². The number of phosphoric ester groups is 1. The highest BCUT2D eigenvalue weighted by Gasteiger charge is 2.38. The monoisotopic (exact) mass is 494 g/mol. The van der Waals surface area contributed by atoms with Crippen molar-refractivity contribution in [3.05, 3.63) is 0 Å². The van der Waals surface area contributed by atoms with E-state index in [-0.39, 0.29) is 0 Å². The summed E-state index contributed by atoms with van der Waals surface area (Å²) < 4.78 is 19.5. The minimum atomic E-state index is -4.12. The van der Waals surface area contributed by atoms with E-state index in [1.54, 1.807) is 13.8 Å². The molecule has 2 atom stereocenters. The van der Waals surface area contributed by atoms with Crippen LogP contribution in [0.5, 0.6) is 0 Å². The number of rotatable bonds is 6. The van der Waals surface area contributed by atoms with Gasteiger partial charge >= 0.3 is 7.82 Å². The molecule has 1 N–H and O–H groups in total. The SMILES string of the molecule is CC(Br)(CBr)OP(=O)(O)OC(C)(Br)CBr. The number of hydrogen-bond donors (Lipinski definition) is 1. The summed E-state index contributed by atoms with van der Waals surface area (Å²) in [6.07, 6.45) is 0. The molecule has 0 heterocycles. The van der Waals surface area contributed by atoms with Crippen molar-refractivity contribution in [2.45, 2.75) is 22.9 Å². The molecule has 0 radical (unpaired) electrons. The van der Waals surface area contributed by atoms with Crippen molar-refractivity contribution in [1.29, 1.82) is 0 Å². The maximum atomic E-state index is 11.6. The Hall–Kier alpha value is 2.03. The minimum absolute atomic E-state index is 0.348. The summed E-state index contributed by atoms with van der Waals surface area (Å²) in [5.74, 6) is 0. The summed E-state index contributed by atoms with van der Waals surface area (Å²) in [5, 5.41) is 0.697. The Bertz CT molecular complexity index is 236. The van der Waals surface area contributed by atoms with E-state index >= 15 is 0 Å². The van der Waals surface area contributed by atoms with Crippen LogP contribution < -0.4 is 0 Å². The number of halogens is 4. The van der Waals surface area contributed by atoms with Crippen LogP contribution in [0.1, 0.15) is 13.8 Å². The van der Waals surface area contributed by atoms with Crippen molar-refractivity contribution in [3.8, 4) is 0 Å². The van der Waals surface area contributed by atoms with Gasteiger partial charge in [-0.2, -0.15) is 0 Å². The largest absolute Gasteiger partial charge is 0.474 e. The second-order valence-electron chi connectivity index (χ2n) is 3.12. The first-order valence-corrected chi connectivity index (χ1v) is 9.10. The normalized spacial score (nSPS) is 23.9. The third-order valence-electron chi connectivity index (χ3n) is 1.09. The zero-order valence-corrected chi connectivity index (χ0v) is 15.3. The van der Waals surface area contributed by atoms with E-state index in [1.807, 2.05) is 0 Å². The molecule has 0 fully saturated rings. The van der Waals surface area contributed by atoms with Crippen LogP contribution in [0, 0.1) is 0 Å². The average Bonchev–Trinajstić information content (AvgIpc) is 2.00. The molecule has 0 aromatic rings. The molecule has 9 heteroatoms. The minimum Gasteiger partial charge on any atom is -0.302 e. The highest BCUT2D eigenvalue weighted by atomic mass is 79.9. The van der Waals surface area contributed by atoms with E-state index in [4.69, 9.17) is 9.05 Å². The molecule has 2 unspecified atom stereocenters. The van der Waals surface area contributed by atoms with Gasteiger partial charge in [0.2, 0.25) is 0 Å². The van der Waals surface area contributed by atoms with Crippen molar-refractivity contribution in [2.75, 3.05) is 10.7 Å². The summed E-state index contributed by atoms with van der Waals surface area (Å²) in [6.45, 7) is 3.21. The van der Waals surface area contributed by atoms with Crippen molar-refractivity contribution >= 4 is 71.5 Å². The van der Waals surface area contributed by atoms with E-state index < -0.39 is 16.8 Å². The van der Waals surface area contributed by atoms with Gasteiger partial charge < -0.3 is 4.89 Å². The van der Waals surface area contributed by atoms with Gasteiger partial charge in [-0.3, -0.25) is 9.05 Å². The number of phosphoric acid groups is 1. The number of hydrogen-bond acceptors (Lipinski definition) is 3. The molecule has 4 nitrogen and oxygen atoms in total. The molecular formula is C6H11Br4O4P. The summed E-state index contributed by atoms with van der Waals surface area (Å²) in [5.41, 5.74) is 0. The van der Waals surface area contributed by atoms with Gasteiger partial charge in [0.25, 0.3) is 0 Å². The van der Waals surface area contributed by atoms with E-state index in [0.717, 1.165) is 0 Å². The Morgan fingerprint density at radius 3 is 1.60 bits per heavy atom. The maximum Gasteiger partial charge on any atom is 0.474 e. The first-order chi connectivity index (χ1) is 6.54. The van der Waals surface area contributed by atoms with E-state index in [2.05, 4.69) is 63.7 Å². The van der Waals surface area contributed by atoms with Gasteiger partial charge in [0.1, 0.15) is 9.02 Å². The smallest absolute Gasteiger partial charge is 0.302 e. The van der Waals surface area contributed by atoms with Crippen LogP contribution in [0.2, 0.25) is 0 Å². The Kier molecular flexibility index (Phi) is 7.12. The van der Waals surface area contributed by atoms with Crippen LogP contribution in [0.4, 0.5) is 0 Å². The molecule has 0 saturated carbocycles. The third-order valence-corrected chi connectivity index (χ3v) is 7.39. The molecule has 0 saturated heterocycles. The van der Waals surface area contributed by atoms with Crippen molar-refractivity contribution in [2.24, 2.45) is 0 Å². The van der Waals surface area contributed by atoms with Gasteiger partial charge in [-0.15, -0.1) is 0 Å². The van der Waals surface area contributed by atoms with Crippen molar-refractivity contribution < 1.29 is 18.5 Å². The first kappa shape index (κ1) is 17.0. The lowest BCUT2D eigenvalue weighted by atomic mass is 10.5. The standard InChI is InChI=1S/C6H11Br4O4P/c1-5(9,3-7)13-15(11,12)14-6(2,10)4-8/h3-4H2,1-2H3,(H,11,12). The summed E-state index contributed by atoms with van der Waals surface area (Å²) in [6, 6.07) is 0. The van der Waals surface area contributed by atoms with Crippen molar-refractivity contribution in [3.63, 3.8) is 0 Å². The van der Waals surface area contributed by atoms with Crippen LogP contribution >= 0.6 is 71.5 Å². The van der Waals surface area contributed by atoms with Gasteiger partial charge in [0.05, 0.1) is 0 Å². The maximum absolute atomic E-state index is 11.6. The molecule has 0 aliphatic carbocycles. The molecule has 0 aliphatic heterocycles. The Balaban J connectivity index is 4.51. The third kappa shape index (κ3) is 7.86. The van der Waals surface area contributed by atoms with Crippen LogP contribution in [0.3, 0.4) is 0 Å². The Labute approximate surface area is 123 Å². The second-order valence-corrected chi connectivity index (χ2v) is 8.90. The van der Waals surface area contributed by atoms with E-state index in [1.165, 1.54) is 0 Å². The zero-order valence-electron chi connectivity index (χ0n) is 8.05. The van der Waals surface area contributed by atoms with E-state index in [9.17, 15) is 9.46 Å². The highest BCUT2D eigenvalue weighted by Crippen LogP contribution is 2.53. The fourth-order valence-corrected chi connectivity index (χ4v) is 3.36. The van der Waals surface area contributed by atoms with Gasteiger partial charge in [-0.05, 0) is 13.8 Å². The summed E-state index contributed by atoms with van der Waals surface area (Å²) in [4.78, 5) is 9.46. The van der Waals surface area contributed by atoms with Crippen LogP contribution in [0.15, 0.2) is 0 Å². The first-order valence-electron chi connectivity index (χ1n) is 3.78. The van der Waals surface area contributed by atoms with Gasteiger partial charge in [-0.1, -0.05) is 63.7 Å². The van der Waals surface area contributed by atoms with Gasteiger partial charge in [-0.25, -0.2) is 4.57 Å². The van der Waals surface area contributed by atoms with Gasteiger partial charge in [0.15, 0.2) is 0 Å². The highest BCUT2D eigenvalue weighted by molar-refractivity contribution is 9.12. The zero-order chi connectivity index (χ0) is 12.3. The Morgan fingerprint density at radius 2 is 1.40 bits per heavy atom. The molecule has 0 aromatic carbocycles. The van der Waals surface area contributed by atoms with Crippen LogP contribution in [0.25, 0.3) is 0 Å². The van der Waals surface area contributed by atoms with E-state index in [0.29, 0.717) is 10.7 Å². The quantitative estimate of drug-likeness (QED) is 0.443. The molecule has 0 aliphatic rings.